The average molecular weight is 385 g/mol. The molecule has 2 aromatic carbocycles. The number of benzene rings is 2. The Balaban J connectivity index is 1.32. The number of piperazine rings is 1. The first-order valence-electron chi connectivity index (χ1n) is 8.97. The molecule has 0 unspecified atom stereocenters. The predicted octanol–water partition coefficient (Wildman–Crippen LogP) is 4.14. The third kappa shape index (κ3) is 4.23. The summed E-state index contributed by atoms with van der Waals surface area (Å²) in [5.41, 5.74) is 3.58. The Kier molecular flexibility index (Phi) is 5.01. The molecule has 2 heterocycles. The van der Waals surface area contributed by atoms with Crippen molar-refractivity contribution in [1.29, 1.82) is 0 Å². The van der Waals surface area contributed by atoms with Gasteiger partial charge in [-0.05, 0) is 42.8 Å². The summed E-state index contributed by atoms with van der Waals surface area (Å²) in [4.78, 5) is 21.1. The number of aromatic nitrogens is 1. The number of halogens is 1. The Hall–Kier alpha value is -2.57. The number of hydrogen-bond acceptors (Lipinski definition) is 4. The lowest BCUT2D eigenvalue weighted by atomic mass is 10.2. The number of rotatable bonds is 3. The molecule has 1 fully saturated rings. The minimum Gasteiger partial charge on any atom is -0.439 e. The van der Waals surface area contributed by atoms with Gasteiger partial charge in [0, 0.05) is 36.9 Å². The van der Waals surface area contributed by atoms with Crippen LogP contribution in [-0.4, -0.2) is 47.0 Å². The molecular weight excluding hydrogens is 364 g/mol. The van der Waals surface area contributed by atoms with Crippen molar-refractivity contribution in [2.45, 2.75) is 13.5 Å². The van der Waals surface area contributed by atoms with E-state index in [9.17, 15) is 4.79 Å². The number of amides is 2. The zero-order valence-electron chi connectivity index (χ0n) is 15.1. The van der Waals surface area contributed by atoms with Crippen LogP contribution >= 0.6 is 11.6 Å². The third-order valence-corrected chi connectivity index (χ3v) is 4.92. The van der Waals surface area contributed by atoms with Crippen molar-refractivity contribution in [1.82, 2.24) is 14.8 Å². The molecule has 0 aliphatic carbocycles. The van der Waals surface area contributed by atoms with Crippen molar-refractivity contribution in [3.63, 3.8) is 0 Å². The molecule has 1 N–H and O–H groups in total. The van der Waals surface area contributed by atoms with Crippen molar-refractivity contribution in [2.75, 3.05) is 31.5 Å². The number of hydrogen-bond donors (Lipinski definition) is 1. The van der Waals surface area contributed by atoms with Gasteiger partial charge in [0.15, 0.2) is 5.58 Å². The Morgan fingerprint density at radius 2 is 2.00 bits per heavy atom. The summed E-state index contributed by atoms with van der Waals surface area (Å²) in [7, 11) is 0. The number of fused-ring (bicyclic) bond motifs is 1. The van der Waals surface area contributed by atoms with Gasteiger partial charge in [-0.2, -0.15) is 0 Å². The second-order valence-electron chi connectivity index (χ2n) is 6.78. The quantitative estimate of drug-likeness (QED) is 0.737. The molecule has 1 aromatic heterocycles. The van der Waals surface area contributed by atoms with Crippen LogP contribution in [0.3, 0.4) is 0 Å². The van der Waals surface area contributed by atoms with Gasteiger partial charge < -0.3 is 14.6 Å². The van der Waals surface area contributed by atoms with Crippen LogP contribution in [0.4, 0.5) is 10.5 Å². The molecule has 0 atom stereocenters. The van der Waals surface area contributed by atoms with Gasteiger partial charge in [0.25, 0.3) is 0 Å². The standard InChI is InChI=1S/C20H21ClN4O2/c1-14-5-6-18-17(11-14)23-19(27-18)13-24-7-9-25(10-8-24)20(26)22-16-4-2-3-15(21)12-16/h2-6,11-12H,7-10,13H2,1H3,(H,22,26). The SMILES string of the molecule is Cc1ccc2oc(CN3CCN(C(=O)Nc4cccc(Cl)c4)CC3)nc2c1. The number of nitrogens with one attached hydrogen (secondary N) is 1. The van der Waals surface area contributed by atoms with Crippen molar-refractivity contribution in [3.05, 3.63) is 58.9 Å². The topological polar surface area (TPSA) is 61.6 Å². The fourth-order valence-electron chi connectivity index (χ4n) is 3.22. The number of oxazole rings is 1. The van der Waals surface area contributed by atoms with E-state index >= 15 is 0 Å². The van der Waals surface area contributed by atoms with Gasteiger partial charge >= 0.3 is 6.03 Å². The van der Waals surface area contributed by atoms with Crippen molar-refractivity contribution in [3.8, 4) is 0 Å². The molecule has 0 saturated carbocycles. The van der Waals surface area contributed by atoms with Gasteiger partial charge in [-0.15, -0.1) is 0 Å². The first-order chi connectivity index (χ1) is 13.1. The van der Waals surface area contributed by atoms with Gasteiger partial charge in [0.2, 0.25) is 5.89 Å². The molecule has 6 nitrogen and oxygen atoms in total. The van der Waals surface area contributed by atoms with Gasteiger partial charge in [0.05, 0.1) is 6.54 Å². The number of carbonyl (C=O) groups excluding carboxylic acids is 1. The largest absolute Gasteiger partial charge is 0.439 e. The normalized spacial score (nSPS) is 15.3. The number of anilines is 1. The highest BCUT2D eigenvalue weighted by molar-refractivity contribution is 6.30. The lowest BCUT2D eigenvalue weighted by Gasteiger charge is -2.34. The summed E-state index contributed by atoms with van der Waals surface area (Å²) >= 11 is 5.96. The number of nitrogens with zero attached hydrogens (tertiary/aromatic N) is 3. The van der Waals surface area contributed by atoms with E-state index < -0.39 is 0 Å². The second kappa shape index (κ2) is 7.58. The molecule has 1 saturated heterocycles. The first kappa shape index (κ1) is 17.8. The zero-order valence-corrected chi connectivity index (χ0v) is 15.9. The Morgan fingerprint density at radius 1 is 1.19 bits per heavy atom. The maximum absolute atomic E-state index is 12.4. The van der Waals surface area contributed by atoms with E-state index in [0.29, 0.717) is 36.2 Å². The van der Waals surface area contributed by atoms with E-state index in [0.717, 1.165) is 24.2 Å². The van der Waals surface area contributed by atoms with E-state index in [4.69, 9.17) is 16.0 Å². The maximum Gasteiger partial charge on any atom is 0.321 e. The van der Waals surface area contributed by atoms with E-state index in [-0.39, 0.29) is 6.03 Å². The monoisotopic (exact) mass is 384 g/mol. The molecule has 1 aliphatic heterocycles. The van der Waals surface area contributed by atoms with E-state index in [2.05, 4.69) is 15.2 Å². The molecule has 3 aromatic rings. The minimum absolute atomic E-state index is 0.103. The van der Waals surface area contributed by atoms with E-state index in [1.165, 1.54) is 5.56 Å². The molecule has 0 bridgehead atoms. The van der Waals surface area contributed by atoms with Crippen LogP contribution in [-0.2, 0) is 6.54 Å². The lowest BCUT2D eigenvalue weighted by molar-refractivity contribution is 0.136. The molecule has 7 heteroatoms. The summed E-state index contributed by atoms with van der Waals surface area (Å²) in [6.07, 6.45) is 0. The van der Waals surface area contributed by atoms with Gasteiger partial charge in [0.1, 0.15) is 5.52 Å². The molecule has 0 spiro atoms. The van der Waals surface area contributed by atoms with Gasteiger partial charge in [-0.3, -0.25) is 4.90 Å². The maximum atomic E-state index is 12.4. The summed E-state index contributed by atoms with van der Waals surface area (Å²) in [5, 5.41) is 3.50. The van der Waals surface area contributed by atoms with Crippen LogP contribution in [0.15, 0.2) is 46.9 Å². The second-order valence-corrected chi connectivity index (χ2v) is 7.22. The summed E-state index contributed by atoms with van der Waals surface area (Å²) in [6, 6.07) is 13.1. The Bertz CT molecular complexity index is 964. The van der Waals surface area contributed by atoms with Crippen LogP contribution in [0.2, 0.25) is 5.02 Å². The highest BCUT2D eigenvalue weighted by Crippen LogP contribution is 2.19. The summed E-state index contributed by atoms with van der Waals surface area (Å²) in [6.45, 7) is 5.57. The Morgan fingerprint density at radius 3 is 2.78 bits per heavy atom. The molecule has 0 radical (unpaired) electrons. The number of aryl methyl sites for hydroxylation is 1. The van der Waals surface area contributed by atoms with Crippen molar-refractivity contribution < 1.29 is 9.21 Å². The highest BCUT2D eigenvalue weighted by atomic mass is 35.5. The minimum atomic E-state index is -0.103. The van der Waals surface area contributed by atoms with E-state index in [1.807, 2.05) is 42.2 Å². The van der Waals surface area contributed by atoms with Crippen LogP contribution < -0.4 is 5.32 Å². The van der Waals surface area contributed by atoms with Crippen LogP contribution in [0.25, 0.3) is 11.1 Å². The van der Waals surface area contributed by atoms with Gasteiger partial charge in [-0.1, -0.05) is 23.7 Å². The molecule has 1 aliphatic rings. The smallest absolute Gasteiger partial charge is 0.321 e. The van der Waals surface area contributed by atoms with E-state index in [1.54, 1.807) is 12.1 Å². The highest BCUT2D eigenvalue weighted by Gasteiger charge is 2.22. The molecule has 2 amide bonds. The van der Waals surface area contributed by atoms with Gasteiger partial charge in [-0.25, -0.2) is 9.78 Å². The van der Waals surface area contributed by atoms with Crippen molar-refractivity contribution >= 4 is 34.4 Å². The zero-order chi connectivity index (χ0) is 18.8. The molecule has 140 valence electrons. The fraction of sp³-hybridized carbons (Fsp3) is 0.300. The Labute approximate surface area is 162 Å². The molecule has 27 heavy (non-hydrogen) atoms. The predicted molar refractivity (Wildman–Crippen MR) is 106 cm³/mol. The summed E-state index contributed by atoms with van der Waals surface area (Å²) in [5.74, 6) is 0.715. The van der Waals surface area contributed by atoms with Crippen LogP contribution in [0.1, 0.15) is 11.5 Å². The fourth-order valence-corrected chi connectivity index (χ4v) is 3.41. The van der Waals surface area contributed by atoms with Crippen LogP contribution in [0.5, 0.6) is 0 Å². The average Bonchev–Trinajstić information content (AvgIpc) is 3.03. The number of urea groups is 1. The first-order valence-corrected chi connectivity index (χ1v) is 9.34. The third-order valence-electron chi connectivity index (χ3n) is 4.68. The number of carbonyl (C=O) groups is 1. The molecular formula is C20H21ClN4O2. The lowest BCUT2D eigenvalue weighted by Crippen LogP contribution is -2.49. The van der Waals surface area contributed by atoms with Crippen LogP contribution in [0, 0.1) is 6.92 Å². The van der Waals surface area contributed by atoms with Crippen molar-refractivity contribution in [2.24, 2.45) is 0 Å². The summed E-state index contributed by atoms with van der Waals surface area (Å²) < 4.78 is 5.83. The molecule has 4 rings (SSSR count).